The molecule has 1 N–H and O–H groups in total. The fourth-order valence-electron chi connectivity index (χ4n) is 1.62. The van der Waals surface area contributed by atoms with Gasteiger partial charge in [0.15, 0.2) is 0 Å². The molecular formula is C13H8BrClF2O. The molecule has 1 unspecified atom stereocenters. The summed E-state index contributed by atoms with van der Waals surface area (Å²) >= 11 is 8.64. The molecule has 0 radical (unpaired) electrons. The van der Waals surface area contributed by atoms with Gasteiger partial charge in [0.05, 0.1) is 4.47 Å². The second-order valence-electron chi connectivity index (χ2n) is 3.71. The Bertz CT molecular complexity index is 589. The number of benzene rings is 2. The van der Waals surface area contributed by atoms with Crippen molar-refractivity contribution in [3.8, 4) is 0 Å². The second kappa shape index (κ2) is 5.34. The minimum atomic E-state index is -1.38. The lowest BCUT2D eigenvalue weighted by Crippen LogP contribution is -2.05. The number of hydrogen-bond donors (Lipinski definition) is 1. The third-order valence-electron chi connectivity index (χ3n) is 2.53. The zero-order valence-electron chi connectivity index (χ0n) is 9.00. The monoisotopic (exact) mass is 332 g/mol. The molecule has 1 atom stereocenters. The van der Waals surface area contributed by atoms with Gasteiger partial charge in [-0.25, -0.2) is 8.78 Å². The summed E-state index contributed by atoms with van der Waals surface area (Å²) in [5.41, 5.74) is -0.0120. The first kappa shape index (κ1) is 13.5. The molecule has 0 fully saturated rings. The van der Waals surface area contributed by atoms with E-state index in [-0.39, 0.29) is 20.6 Å². The molecule has 0 aliphatic heterocycles. The average molecular weight is 334 g/mol. The van der Waals surface area contributed by atoms with Crippen LogP contribution in [0.1, 0.15) is 17.2 Å². The van der Waals surface area contributed by atoms with Gasteiger partial charge in [-0.15, -0.1) is 0 Å². The van der Waals surface area contributed by atoms with Crippen molar-refractivity contribution in [2.75, 3.05) is 0 Å². The van der Waals surface area contributed by atoms with E-state index in [4.69, 9.17) is 11.6 Å². The molecule has 0 amide bonds. The summed E-state index contributed by atoms with van der Waals surface area (Å²) in [6, 6.07) is 8.33. The molecule has 2 rings (SSSR count). The highest BCUT2D eigenvalue weighted by Crippen LogP contribution is 2.30. The summed E-state index contributed by atoms with van der Waals surface area (Å²) in [6.07, 6.45) is -1.38. The number of aliphatic hydroxyl groups excluding tert-OH is 1. The standard InChI is InChI=1S/C13H8BrClF2O/c14-10-3-1-2-9(12(10)17)13(18)8-5-4-7(15)6-11(8)16/h1-6,13,18H. The zero-order valence-corrected chi connectivity index (χ0v) is 11.3. The minimum absolute atomic E-state index is 0.00518. The molecule has 2 aromatic carbocycles. The van der Waals surface area contributed by atoms with Gasteiger partial charge in [0.1, 0.15) is 17.7 Å². The predicted octanol–water partition coefficient (Wildman–Crippen LogP) is 4.46. The Hall–Kier alpha value is -0.970. The van der Waals surface area contributed by atoms with Gasteiger partial charge >= 0.3 is 0 Å². The smallest absolute Gasteiger partial charge is 0.143 e. The van der Waals surface area contributed by atoms with Crippen LogP contribution in [-0.4, -0.2) is 5.11 Å². The summed E-state index contributed by atoms with van der Waals surface area (Å²) in [4.78, 5) is 0. The molecule has 1 nitrogen and oxygen atoms in total. The van der Waals surface area contributed by atoms with E-state index in [2.05, 4.69) is 15.9 Å². The average Bonchev–Trinajstić information content (AvgIpc) is 2.32. The minimum Gasteiger partial charge on any atom is -0.383 e. The maximum Gasteiger partial charge on any atom is 0.143 e. The first-order valence-electron chi connectivity index (χ1n) is 5.07. The van der Waals surface area contributed by atoms with Crippen LogP contribution in [0.15, 0.2) is 40.9 Å². The molecule has 2 aromatic rings. The molecule has 0 heterocycles. The maximum atomic E-state index is 13.8. The van der Waals surface area contributed by atoms with Crippen molar-refractivity contribution in [3.63, 3.8) is 0 Å². The molecule has 0 saturated heterocycles. The Morgan fingerprint density at radius 2 is 1.83 bits per heavy atom. The van der Waals surface area contributed by atoms with Gasteiger partial charge in [0.2, 0.25) is 0 Å². The summed E-state index contributed by atoms with van der Waals surface area (Å²) in [7, 11) is 0. The van der Waals surface area contributed by atoms with E-state index in [0.717, 1.165) is 6.07 Å². The van der Waals surface area contributed by atoms with Crippen LogP contribution in [0.2, 0.25) is 5.02 Å². The van der Waals surface area contributed by atoms with Crippen LogP contribution >= 0.6 is 27.5 Å². The topological polar surface area (TPSA) is 20.2 Å². The molecule has 0 aliphatic carbocycles. The zero-order chi connectivity index (χ0) is 13.3. The Balaban J connectivity index is 2.48. The number of hydrogen-bond acceptors (Lipinski definition) is 1. The van der Waals surface area contributed by atoms with Crippen LogP contribution in [0.5, 0.6) is 0 Å². The SMILES string of the molecule is OC(c1ccc(Cl)cc1F)c1cccc(Br)c1F. The number of halogens is 4. The predicted molar refractivity (Wildman–Crippen MR) is 69.6 cm³/mol. The van der Waals surface area contributed by atoms with Crippen LogP contribution in [0, 0.1) is 11.6 Å². The lowest BCUT2D eigenvalue weighted by atomic mass is 10.0. The summed E-state index contributed by atoms with van der Waals surface area (Å²) in [5, 5.41) is 10.2. The van der Waals surface area contributed by atoms with Crippen molar-refractivity contribution in [3.05, 3.63) is 68.7 Å². The third kappa shape index (κ3) is 2.55. The molecule has 5 heteroatoms. The lowest BCUT2D eigenvalue weighted by Gasteiger charge is -2.14. The number of rotatable bonds is 2. The highest BCUT2D eigenvalue weighted by atomic mass is 79.9. The summed E-state index contributed by atoms with van der Waals surface area (Å²) in [5.74, 6) is -1.28. The fourth-order valence-corrected chi connectivity index (χ4v) is 2.16. The first-order chi connectivity index (χ1) is 8.50. The van der Waals surface area contributed by atoms with Crippen LogP contribution < -0.4 is 0 Å². The quantitative estimate of drug-likeness (QED) is 0.860. The Morgan fingerprint density at radius 1 is 1.11 bits per heavy atom. The van der Waals surface area contributed by atoms with Gasteiger partial charge in [0, 0.05) is 16.1 Å². The van der Waals surface area contributed by atoms with Crippen LogP contribution in [0.25, 0.3) is 0 Å². The Kier molecular flexibility index (Phi) is 4.00. The largest absolute Gasteiger partial charge is 0.383 e. The van der Waals surface area contributed by atoms with E-state index in [9.17, 15) is 13.9 Å². The Labute approximate surface area is 116 Å². The van der Waals surface area contributed by atoms with E-state index in [1.54, 1.807) is 6.07 Å². The summed E-state index contributed by atoms with van der Waals surface area (Å²) < 4.78 is 27.6. The second-order valence-corrected chi connectivity index (χ2v) is 5.00. The maximum absolute atomic E-state index is 13.8. The van der Waals surface area contributed by atoms with Crippen molar-refractivity contribution in [2.45, 2.75) is 6.10 Å². The van der Waals surface area contributed by atoms with Crippen LogP contribution in [-0.2, 0) is 0 Å². The van der Waals surface area contributed by atoms with Crippen LogP contribution in [0.3, 0.4) is 0 Å². The fraction of sp³-hybridized carbons (Fsp3) is 0.0769. The highest BCUT2D eigenvalue weighted by molar-refractivity contribution is 9.10. The molecule has 0 aliphatic rings. The molecular weight excluding hydrogens is 325 g/mol. The van der Waals surface area contributed by atoms with E-state index < -0.39 is 17.7 Å². The van der Waals surface area contributed by atoms with E-state index in [1.807, 2.05) is 0 Å². The van der Waals surface area contributed by atoms with E-state index >= 15 is 0 Å². The molecule has 94 valence electrons. The van der Waals surface area contributed by atoms with Gasteiger partial charge in [-0.2, -0.15) is 0 Å². The lowest BCUT2D eigenvalue weighted by molar-refractivity contribution is 0.209. The third-order valence-corrected chi connectivity index (χ3v) is 3.38. The van der Waals surface area contributed by atoms with Crippen molar-refractivity contribution >= 4 is 27.5 Å². The van der Waals surface area contributed by atoms with Crippen molar-refractivity contribution in [2.24, 2.45) is 0 Å². The number of aliphatic hydroxyl groups is 1. The van der Waals surface area contributed by atoms with Gasteiger partial charge in [-0.3, -0.25) is 0 Å². The van der Waals surface area contributed by atoms with Gasteiger partial charge in [-0.1, -0.05) is 29.8 Å². The molecule has 18 heavy (non-hydrogen) atoms. The molecule has 0 spiro atoms. The van der Waals surface area contributed by atoms with E-state index in [0.29, 0.717) is 0 Å². The highest BCUT2D eigenvalue weighted by Gasteiger charge is 2.19. The molecule has 0 aromatic heterocycles. The normalized spacial score (nSPS) is 12.5. The Morgan fingerprint density at radius 3 is 2.50 bits per heavy atom. The molecule has 0 bridgehead atoms. The van der Waals surface area contributed by atoms with Crippen LogP contribution in [0.4, 0.5) is 8.78 Å². The summed E-state index contributed by atoms with van der Waals surface area (Å²) in [6.45, 7) is 0. The van der Waals surface area contributed by atoms with Gasteiger partial charge in [-0.05, 0) is 34.1 Å². The van der Waals surface area contributed by atoms with E-state index in [1.165, 1.54) is 24.3 Å². The van der Waals surface area contributed by atoms with Crippen molar-refractivity contribution < 1.29 is 13.9 Å². The van der Waals surface area contributed by atoms with Crippen molar-refractivity contribution in [1.29, 1.82) is 0 Å². The van der Waals surface area contributed by atoms with Crippen molar-refractivity contribution in [1.82, 2.24) is 0 Å². The first-order valence-corrected chi connectivity index (χ1v) is 6.24. The molecule has 0 saturated carbocycles. The van der Waals surface area contributed by atoms with Gasteiger partial charge < -0.3 is 5.11 Å². The van der Waals surface area contributed by atoms with Gasteiger partial charge in [0.25, 0.3) is 0 Å².